The van der Waals surface area contributed by atoms with Crippen LogP contribution in [0.2, 0.25) is 10.3 Å². The molecule has 0 spiro atoms. The number of aryl methyl sites for hydroxylation is 1. The minimum absolute atomic E-state index is 0.00837. The topological polar surface area (TPSA) is 89.8 Å². The summed E-state index contributed by atoms with van der Waals surface area (Å²) in [5.74, 6) is -1.10. The fourth-order valence-corrected chi connectivity index (χ4v) is 5.09. The Morgan fingerprint density at radius 3 is 2.31 bits per heavy atom. The van der Waals surface area contributed by atoms with Gasteiger partial charge in [0, 0.05) is 30.1 Å². The predicted octanol–water partition coefficient (Wildman–Crippen LogP) is 6.61. The van der Waals surface area contributed by atoms with Crippen molar-refractivity contribution in [2.75, 3.05) is 18.0 Å². The van der Waals surface area contributed by atoms with Gasteiger partial charge >= 0.3 is 0 Å². The zero-order valence-corrected chi connectivity index (χ0v) is 23.0. The Hall–Kier alpha value is -3.65. The Kier molecular flexibility index (Phi) is 8.02. The van der Waals surface area contributed by atoms with Crippen molar-refractivity contribution in [3.8, 4) is 22.8 Å². The van der Waals surface area contributed by atoms with Crippen molar-refractivity contribution < 1.29 is 15.0 Å². The van der Waals surface area contributed by atoms with E-state index in [1.165, 1.54) is 24.5 Å². The highest BCUT2D eigenvalue weighted by Crippen LogP contribution is 2.34. The Balaban J connectivity index is 1.46. The quantitative estimate of drug-likeness (QED) is 0.246. The van der Waals surface area contributed by atoms with Crippen LogP contribution in [0.5, 0.6) is 11.5 Å². The molecule has 0 radical (unpaired) electrons. The number of amides is 1. The summed E-state index contributed by atoms with van der Waals surface area (Å²) in [7, 11) is 0. The van der Waals surface area contributed by atoms with Crippen LogP contribution in [-0.2, 0) is 13.1 Å². The van der Waals surface area contributed by atoms with Crippen molar-refractivity contribution in [2.45, 2.75) is 32.9 Å². The standard InChI is InChI=1S/C30H28Cl2N4O3/c1-19-16-33-30(32)34-28(19)22-8-10-23(11-9-22)36(29(39)24-14-25(31)27(38)15-26(24)37)18-21-6-4-20(5-7-21)17-35-12-2-3-13-35/h4-11,14-16,37-38H,2-3,12-13,17-18H2,1H3. The average molecular weight is 563 g/mol. The molecule has 0 aliphatic carbocycles. The molecule has 1 fully saturated rings. The van der Waals surface area contributed by atoms with Gasteiger partial charge in [0.05, 0.1) is 22.8 Å². The molecule has 2 heterocycles. The molecular weight excluding hydrogens is 535 g/mol. The van der Waals surface area contributed by atoms with Crippen LogP contribution in [0.3, 0.4) is 0 Å². The van der Waals surface area contributed by atoms with Gasteiger partial charge in [0.15, 0.2) is 0 Å². The van der Waals surface area contributed by atoms with Crippen LogP contribution in [-0.4, -0.2) is 44.1 Å². The van der Waals surface area contributed by atoms with Gasteiger partial charge in [0.2, 0.25) is 5.28 Å². The van der Waals surface area contributed by atoms with Crippen LogP contribution < -0.4 is 4.90 Å². The largest absolute Gasteiger partial charge is 0.507 e. The number of halogens is 2. The zero-order chi connectivity index (χ0) is 27.5. The van der Waals surface area contributed by atoms with Crippen molar-refractivity contribution in [3.63, 3.8) is 0 Å². The van der Waals surface area contributed by atoms with Crippen LogP contribution in [0.25, 0.3) is 11.3 Å². The molecule has 39 heavy (non-hydrogen) atoms. The number of anilines is 1. The van der Waals surface area contributed by atoms with E-state index < -0.39 is 5.91 Å². The summed E-state index contributed by atoms with van der Waals surface area (Å²) in [6, 6.07) is 18.0. The van der Waals surface area contributed by atoms with Crippen molar-refractivity contribution >= 4 is 34.8 Å². The molecule has 0 atom stereocenters. The van der Waals surface area contributed by atoms with Gasteiger partial charge in [0.1, 0.15) is 11.5 Å². The van der Waals surface area contributed by atoms with E-state index in [9.17, 15) is 15.0 Å². The van der Waals surface area contributed by atoms with Gasteiger partial charge in [-0.1, -0.05) is 48.0 Å². The monoisotopic (exact) mass is 562 g/mol. The number of phenolic OH excluding ortho intramolecular Hbond substituents is 2. The molecule has 1 aliphatic rings. The van der Waals surface area contributed by atoms with E-state index in [2.05, 4.69) is 27.0 Å². The van der Waals surface area contributed by atoms with Gasteiger partial charge in [-0.15, -0.1) is 0 Å². The zero-order valence-electron chi connectivity index (χ0n) is 21.4. The van der Waals surface area contributed by atoms with Crippen molar-refractivity contribution in [3.05, 3.63) is 99.4 Å². The lowest BCUT2D eigenvalue weighted by atomic mass is 10.1. The van der Waals surface area contributed by atoms with Gasteiger partial charge in [-0.3, -0.25) is 9.69 Å². The number of likely N-dealkylation sites (tertiary alicyclic amines) is 1. The molecule has 7 nitrogen and oxygen atoms in total. The number of hydrogen-bond donors (Lipinski definition) is 2. The lowest BCUT2D eigenvalue weighted by Crippen LogP contribution is -2.30. The minimum atomic E-state index is -0.454. The van der Waals surface area contributed by atoms with E-state index in [0.717, 1.165) is 42.4 Å². The molecule has 9 heteroatoms. The van der Waals surface area contributed by atoms with E-state index in [-0.39, 0.29) is 33.9 Å². The maximum Gasteiger partial charge on any atom is 0.262 e. The first-order chi connectivity index (χ1) is 18.8. The fourth-order valence-electron chi connectivity index (χ4n) is 4.79. The second-order valence-electron chi connectivity index (χ2n) is 9.73. The third-order valence-electron chi connectivity index (χ3n) is 6.90. The van der Waals surface area contributed by atoms with Crippen LogP contribution in [0, 0.1) is 6.92 Å². The van der Waals surface area contributed by atoms with E-state index in [1.807, 2.05) is 43.3 Å². The smallest absolute Gasteiger partial charge is 0.262 e. The maximum absolute atomic E-state index is 13.8. The molecule has 0 bridgehead atoms. The number of rotatable bonds is 7. The first-order valence-electron chi connectivity index (χ1n) is 12.7. The number of carbonyl (C=O) groups excluding carboxylic acids is 1. The van der Waals surface area contributed by atoms with Gasteiger partial charge < -0.3 is 15.1 Å². The number of aromatic hydroxyl groups is 2. The number of aromatic nitrogens is 2. The SMILES string of the molecule is Cc1cnc(Cl)nc1-c1ccc(N(Cc2ccc(CN3CCCC3)cc2)C(=O)c2cc(Cl)c(O)cc2O)cc1. The summed E-state index contributed by atoms with van der Waals surface area (Å²) in [5.41, 5.74) is 5.17. The second-order valence-corrected chi connectivity index (χ2v) is 10.5. The van der Waals surface area contributed by atoms with Crippen molar-refractivity contribution in [1.29, 1.82) is 0 Å². The van der Waals surface area contributed by atoms with E-state index in [0.29, 0.717) is 11.4 Å². The lowest BCUT2D eigenvalue weighted by Gasteiger charge is -2.24. The summed E-state index contributed by atoms with van der Waals surface area (Å²) < 4.78 is 0. The molecule has 5 rings (SSSR count). The molecule has 1 aromatic heterocycles. The first kappa shape index (κ1) is 26.9. The summed E-state index contributed by atoms with van der Waals surface area (Å²) in [6.07, 6.45) is 4.15. The van der Waals surface area contributed by atoms with Gasteiger partial charge in [-0.25, -0.2) is 9.97 Å². The summed E-state index contributed by atoms with van der Waals surface area (Å²) in [5, 5.41) is 20.5. The average Bonchev–Trinajstić information content (AvgIpc) is 3.44. The Labute approximate surface area is 237 Å². The normalized spacial score (nSPS) is 13.5. The third-order valence-corrected chi connectivity index (χ3v) is 7.39. The molecular formula is C30H28Cl2N4O3. The number of nitrogens with zero attached hydrogens (tertiary/aromatic N) is 4. The third kappa shape index (κ3) is 6.17. The molecule has 0 saturated carbocycles. The number of hydrogen-bond acceptors (Lipinski definition) is 6. The lowest BCUT2D eigenvalue weighted by molar-refractivity contribution is 0.0982. The molecule has 1 aliphatic heterocycles. The first-order valence-corrected chi connectivity index (χ1v) is 13.5. The van der Waals surface area contributed by atoms with Gasteiger partial charge in [0.25, 0.3) is 5.91 Å². The summed E-state index contributed by atoms with van der Waals surface area (Å²) >= 11 is 12.1. The molecule has 3 aromatic carbocycles. The number of carbonyl (C=O) groups is 1. The molecule has 0 unspecified atom stereocenters. The minimum Gasteiger partial charge on any atom is -0.507 e. The summed E-state index contributed by atoms with van der Waals surface area (Å²) in [4.78, 5) is 26.1. The van der Waals surface area contributed by atoms with Gasteiger partial charge in [-0.2, -0.15) is 0 Å². The van der Waals surface area contributed by atoms with Crippen LogP contribution in [0.1, 0.15) is 39.9 Å². The van der Waals surface area contributed by atoms with E-state index in [4.69, 9.17) is 23.2 Å². The van der Waals surface area contributed by atoms with Crippen LogP contribution >= 0.6 is 23.2 Å². The van der Waals surface area contributed by atoms with Crippen molar-refractivity contribution in [1.82, 2.24) is 14.9 Å². The number of benzene rings is 3. The van der Waals surface area contributed by atoms with E-state index >= 15 is 0 Å². The Morgan fingerprint density at radius 2 is 1.62 bits per heavy atom. The van der Waals surface area contributed by atoms with Crippen LogP contribution in [0.15, 0.2) is 66.9 Å². The van der Waals surface area contributed by atoms with Crippen LogP contribution in [0.4, 0.5) is 5.69 Å². The molecule has 200 valence electrons. The molecule has 1 amide bonds. The summed E-state index contributed by atoms with van der Waals surface area (Å²) in [6.45, 7) is 5.33. The Bertz CT molecular complexity index is 1490. The highest BCUT2D eigenvalue weighted by atomic mass is 35.5. The second kappa shape index (κ2) is 11.6. The van der Waals surface area contributed by atoms with Gasteiger partial charge in [-0.05, 0) is 79.3 Å². The van der Waals surface area contributed by atoms with E-state index in [1.54, 1.807) is 11.1 Å². The predicted molar refractivity (Wildman–Crippen MR) is 153 cm³/mol. The highest BCUT2D eigenvalue weighted by molar-refractivity contribution is 6.32. The highest BCUT2D eigenvalue weighted by Gasteiger charge is 2.23. The number of phenols is 2. The molecule has 4 aromatic rings. The molecule has 2 N–H and O–H groups in total. The maximum atomic E-state index is 13.8. The Morgan fingerprint density at radius 1 is 0.949 bits per heavy atom. The van der Waals surface area contributed by atoms with Crippen molar-refractivity contribution in [2.24, 2.45) is 0 Å². The fraction of sp³-hybridized carbons (Fsp3) is 0.233. The molecule has 1 saturated heterocycles.